The first-order chi connectivity index (χ1) is 9.99. The molecule has 2 N–H and O–H groups in total. The van der Waals surface area contributed by atoms with Crippen molar-refractivity contribution in [2.24, 2.45) is 11.7 Å². The van der Waals surface area contributed by atoms with Crippen molar-refractivity contribution in [1.29, 1.82) is 0 Å². The summed E-state index contributed by atoms with van der Waals surface area (Å²) < 4.78 is 0. The maximum absolute atomic E-state index is 12.3. The number of benzene rings is 1. The van der Waals surface area contributed by atoms with Crippen molar-refractivity contribution in [1.82, 2.24) is 4.90 Å². The third-order valence-corrected chi connectivity index (χ3v) is 4.17. The average molecular weight is 328 g/mol. The van der Waals surface area contributed by atoms with Crippen LogP contribution in [-0.4, -0.2) is 34.9 Å². The number of para-hydroxylation sites is 1. The number of piperidine rings is 1. The molecule has 1 aromatic carbocycles. The number of carbonyl (C=O) groups is 1. The fourth-order valence-electron chi connectivity index (χ4n) is 2.79. The summed E-state index contributed by atoms with van der Waals surface area (Å²) in [6.07, 6.45) is 1.89. The molecule has 1 atom stereocenters. The lowest BCUT2D eigenvalue weighted by molar-refractivity contribution is -0.385. The van der Waals surface area contributed by atoms with Crippen LogP contribution >= 0.6 is 12.4 Å². The van der Waals surface area contributed by atoms with Crippen molar-refractivity contribution < 1.29 is 9.72 Å². The van der Waals surface area contributed by atoms with Crippen LogP contribution in [0.1, 0.15) is 25.3 Å². The number of carbonyl (C=O) groups excluding carboxylic acids is 1. The highest BCUT2D eigenvalue weighted by Crippen LogP contribution is 2.22. The topological polar surface area (TPSA) is 89.5 Å². The van der Waals surface area contributed by atoms with Gasteiger partial charge < -0.3 is 10.6 Å². The fourth-order valence-corrected chi connectivity index (χ4v) is 2.79. The molecule has 1 fully saturated rings. The smallest absolute Gasteiger partial charge is 0.273 e. The number of nitro benzene ring substituents is 1. The van der Waals surface area contributed by atoms with Crippen LogP contribution in [0.3, 0.4) is 0 Å². The minimum absolute atomic E-state index is 0. The lowest BCUT2D eigenvalue weighted by atomic mass is 9.90. The molecule has 6 nitrogen and oxygen atoms in total. The first-order valence-corrected chi connectivity index (χ1v) is 7.24. The van der Waals surface area contributed by atoms with Gasteiger partial charge in [-0.2, -0.15) is 0 Å². The van der Waals surface area contributed by atoms with Crippen LogP contribution in [0.15, 0.2) is 24.3 Å². The predicted molar refractivity (Wildman–Crippen MR) is 87.0 cm³/mol. The zero-order valence-electron chi connectivity index (χ0n) is 12.6. The van der Waals surface area contributed by atoms with Gasteiger partial charge in [-0.1, -0.05) is 18.2 Å². The summed E-state index contributed by atoms with van der Waals surface area (Å²) >= 11 is 0. The predicted octanol–water partition coefficient (Wildman–Crippen LogP) is 2.14. The zero-order chi connectivity index (χ0) is 15.4. The van der Waals surface area contributed by atoms with Gasteiger partial charge in [0.25, 0.3) is 5.69 Å². The van der Waals surface area contributed by atoms with Crippen molar-refractivity contribution in [3.05, 3.63) is 39.9 Å². The maximum atomic E-state index is 12.3. The number of halogens is 1. The first-order valence-electron chi connectivity index (χ1n) is 7.24. The molecule has 7 heteroatoms. The molecule has 2 rings (SSSR count). The Labute approximate surface area is 136 Å². The normalized spacial score (nSPS) is 16.7. The number of hydrogen-bond donors (Lipinski definition) is 1. The highest BCUT2D eigenvalue weighted by Gasteiger charge is 2.26. The Bertz CT molecular complexity index is 529. The molecule has 0 bridgehead atoms. The summed E-state index contributed by atoms with van der Waals surface area (Å²) in [7, 11) is 0. The molecule has 0 saturated carbocycles. The average Bonchev–Trinajstić information content (AvgIpc) is 2.47. The number of amides is 1. The minimum Gasteiger partial charge on any atom is -0.342 e. The van der Waals surface area contributed by atoms with E-state index in [9.17, 15) is 14.9 Å². The molecule has 0 aromatic heterocycles. The maximum Gasteiger partial charge on any atom is 0.273 e. The van der Waals surface area contributed by atoms with Gasteiger partial charge in [-0.05, 0) is 25.7 Å². The van der Waals surface area contributed by atoms with E-state index in [1.807, 2.05) is 6.92 Å². The molecule has 1 aliphatic heterocycles. The molecule has 0 spiro atoms. The van der Waals surface area contributed by atoms with Gasteiger partial charge in [0, 0.05) is 30.8 Å². The second-order valence-corrected chi connectivity index (χ2v) is 5.64. The number of nitrogens with two attached hydrogens (primary N) is 1. The Kier molecular flexibility index (Phi) is 6.77. The SMILES string of the molecule is CC(N)C1CCN(C(=O)Cc2ccccc2[N+](=O)[O-])CC1.Cl. The quantitative estimate of drug-likeness (QED) is 0.677. The lowest BCUT2D eigenvalue weighted by Gasteiger charge is -2.33. The van der Waals surface area contributed by atoms with Gasteiger partial charge in [-0.25, -0.2) is 0 Å². The second kappa shape index (κ2) is 8.10. The summed E-state index contributed by atoms with van der Waals surface area (Å²) in [5, 5.41) is 11.0. The van der Waals surface area contributed by atoms with E-state index in [0.717, 1.165) is 12.8 Å². The molecular formula is C15H22ClN3O3. The van der Waals surface area contributed by atoms with Crippen LogP contribution in [0.4, 0.5) is 5.69 Å². The number of nitro groups is 1. The molecule has 1 unspecified atom stereocenters. The van der Waals surface area contributed by atoms with Gasteiger partial charge in [0.05, 0.1) is 11.3 Å². The Morgan fingerprint density at radius 1 is 1.41 bits per heavy atom. The number of likely N-dealkylation sites (tertiary alicyclic amines) is 1. The van der Waals surface area contributed by atoms with Gasteiger partial charge in [0.2, 0.25) is 5.91 Å². The van der Waals surface area contributed by atoms with E-state index in [2.05, 4.69) is 0 Å². The Hall–Kier alpha value is -1.66. The van der Waals surface area contributed by atoms with Crippen molar-refractivity contribution in [2.45, 2.75) is 32.2 Å². The Morgan fingerprint density at radius 2 is 2.00 bits per heavy atom. The first kappa shape index (κ1) is 18.4. The van der Waals surface area contributed by atoms with Crippen LogP contribution < -0.4 is 5.73 Å². The third kappa shape index (κ3) is 4.42. The van der Waals surface area contributed by atoms with E-state index in [0.29, 0.717) is 24.6 Å². The Balaban J connectivity index is 0.00000242. The van der Waals surface area contributed by atoms with Gasteiger partial charge in [-0.15, -0.1) is 12.4 Å². The standard InChI is InChI=1S/C15H21N3O3.ClH/c1-11(16)12-6-8-17(9-7-12)15(19)10-13-4-2-3-5-14(13)18(20)21;/h2-5,11-12H,6-10,16H2,1H3;1H. The van der Waals surface area contributed by atoms with E-state index in [-0.39, 0.29) is 36.5 Å². The second-order valence-electron chi connectivity index (χ2n) is 5.64. The molecule has 0 radical (unpaired) electrons. The van der Waals surface area contributed by atoms with E-state index in [1.54, 1.807) is 23.1 Å². The largest absolute Gasteiger partial charge is 0.342 e. The van der Waals surface area contributed by atoms with E-state index >= 15 is 0 Å². The fraction of sp³-hybridized carbons (Fsp3) is 0.533. The van der Waals surface area contributed by atoms with Crippen molar-refractivity contribution >= 4 is 24.0 Å². The van der Waals surface area contributed by atoms with Crippen LogP contribution in [0.2, 0.25) is 0 Å². The molecule has 122 valence electrons. The third-order valence-electron chi connectivity index (χ3n) is 4.17. The minimum atomic E-state index is -0.440. The molecule has 1 heterocycles. The molecule has 22 heavy (non-hydrogen) atoms. The van der Waals surface area contributed by atoms with E-state index in [4.69, 9.17) is 5.73 Å². The molecule has 0 aliphatic carbocycles. The summed E-state index contributed by atoms with van der Waals surface area (Å²) in [5.74, 6) is 0.410. The summed E-state index contributed by atoms with van der Waals surface area (Å²) in [5.41, 5.74) is 6.37. The van der Waals surface area contributed by atoms with Crippen LogP contribution in [-0.2, 0) is 11.2 Å². The van der Waals surface area contributed by atoms with Gasteiger partial charge >= 0.3 is 0 Å². The molecule has 1 aromatic rings. The van der Waals surface area contributed by atoms with E-state index in [1.165, 1.54) is 6.07 Å². The van der Waals surface area contributed by atoms with Crippen molar-refractivity contribution in [3.63, 3.8) is 0 Å². The van der Waals surface area contributed by atoms with Crippen LogP contribution in [0.25, 0.3) is 0 Å². The Morgan fingerprint density at radius 3 is 2.55 bits per heavy atom. The molecule has 1 saturated heterocycles. The summed E-state index contributed by atoms with van der Waals surface area (Å²) in [4.78, 5) is 24.6. The van der Waals surface area contributed by atoms with Crippen molar-refractivity contribution in [2.75, 3.05) is 13.1 Å². The van der Waals surface area contributed by atoms with Gasteiger partial charge in [0.15, 0.2) is 0 Å². The van der Waals surface area contributed by atoms with Crippen LogP contribution in [0.5, 0.6) is 0 Å². The summed E-state index contributed by atoms with van der Waals surface area (Å²) in [6.45, 7) is 3.37. The lowest BCUT2D eigenvalue weighted by Crippen LogP contribution is -2.43. The van der Waals surface area contributed by atoms with Crippen LogP contribution in [0, 0.1) is 16.0 Å². The van der Waals surface area contributed by atoms with Gasteiger partial charge in [-0.3, -0.25) is 14.9 Å². The molecule has 1 aliphatic rings. The summed E-state index contributed by atoms with van der Waals surface area (Å²) in [6, 6.07) is 6.56. The monoisotopic (exact) mass is 327 g/mol. The highest BCUT2D eigenvalue weighted by atomic mass is 35.5. The number of rotatable bonds is 4. The molecular weight excluding hydrogens is 306 g/mol. The van der Waals surface area contributed by atoms with Crippen molar-refractivity contribution in [3.8, 4) is 0 Å². The zero-order valence-corrected chi connectivity index (χ0v) is 13.4. The van der Waals surface area contributed by atoms with E-state index < -0.39 is 4.92 Å². The number of hydrogen-bond acceptors (Lipinski definition) is 4. The molecule has 1 amide bonds. The van der Waals surface area contributed by atoms with Gasteiger partial charge in [0.1, 0.15) is 0 Å². The number of nitrogens with zero attached hydrogens (tertiary/aromatic N) is 2. The highest BCUT2D eigenvalue weighted by molar-refractivity contribution is 5.85.